The number of rotatable bonds is 15. The van der Waals surface area contributed by atoms with Gasteiger partial charge in [-0.25, -0.2) is 26.3 Å². The number of ether oxygens (including phenoxy) is 2. The first-order valence-corrected chi connectivity index (χ1v) is 21.9. The van der Waals surface area contributed by atoms with Crippen molar-refractivity contribution < 1.29 is 26.3 Å². The smallest absolute Gasteiger partial charge is 0.240 e. The third kappa shape index (κ3) is 9.98. The summed E-state index contributed by atoms with van der Waals surface area (Å²) in [5.41, 5.74) is 5.68. The molecule has 2 unspecified atom stereocenters. The highest BCUT2D eigenvalue weighted by molar-refractivity contribution is 7.89. The lowest BCUT2D eigenvalue weighted by Crippen LogP contribution is -2.32. The van der Waals surface area contributed by atoms with Crippen LogP contribution in [0.2, 0.25) is 20.1 Å². The van der Waals surface area contributed by atoms with Crippen molar-refractivity contribution in [3.05, 3.63) is 126 Å². The molecule has 2 heterocycles. The molecule has 0 fully saturated rings. The Kier molecular flexibility index (Phi) is 13.7. The second-order valence-corrected chi connectivity index (χ2v) is 18.8. The van der Waals surface area contributed by atoms with Gasteiger partial charge in [-0.3, -0.25) is 0 Å². The molecule has 4 aromatic carbocycles. The first-order valence-electron chi connectivity index (χ1n) is 17.4. The fourth-order valence-corrected chi connectivity index (χ4v) is 10.3. The predicted molar refractivity (Wildman–Crippen MR) is 214 cm³/mol. The lowest BCUT2D eigenvalue weighted by Gasteiger charge is -2.33. The van der Waals surface area contributed by atoms with Crippen molar-refractivity contribution in [3.8, 4) is 0 Å². The van der Waals surface area contributed by atoms with Crippen molar-refractivity contribution >= 4 is 66.5 Å². The van der Waals surface area contributed by atoms with E-state index in [1.165, 1.54) is 0 Å². The standard InChI is InChI=1S/C38H42Cl4N4O6S2/c1-45-21-33(31-17-27(39)19-37(41)35(31)23-45)25-5-3-7-29(15-25)53(47,48)43-9-11-51-13-14-52-12-10-44-54(49,50)30-8-4-6-26(16-30)34-22-46(2)24-36-32(34)18-28(40)20-38(36)42/h3-8,15-20,33-34,43-44H,9-14,21-24H2,1-2H3. The quantitative estimate of drug-likeness (QED) is 0.126. The van der Waals surface area contributed by atoms with Gasteiger partial charge in [-0.1, -0.05) is 70.7 Å². The van der Waals surface area contributed by atoms with Crippen LogP contribution in [0, 0.1) is 0 Å². The van der Waals surface area contributed by atoms with Gasteiger partial charge in [0.25, 0.3) is 0 Å². The van der Waals surface area contributed by atoms with E-state index in [9.17, 15) is 16.8 Å². The van der Waals surface area contributed by atoms with Gasteiger partial charge in [-0.15, -0.1) is 0 Å². The molecule has 0 saturated carbocycles. The summed E-state index contributed by atoms with van der Waals surface area (Å²) >= 11 is 25.7. The Morgan fingerprint density at radius 3 is 1.43 bits per heavy atom. The monoisotopic (exact) mass is 854 g/mol. The van der Waals surface area contributed by atoms with Gasteiger partial charge in [0.15, 0.2) is 0 Å². The minimum atomic E-state index is -3.80. The first-order chi connectivity index (χ1) is 25.7. The Bertz CT molecular complexity index is 2050. The number of hydrogen-bond donors (Lipinski definition) is 2. The predicted octanol–water partition coefficient (Wildman–Crippen LogP) is 6.74. The highest BCUT2D eigenvalue weighted by Gasteiger charge is 2.30. The SMILES string of the molecule is CN1Cc2c(Cl)cc(Cl)cc2C(c2cccc(S(=O)(=O)NCCOCCOCCNS(=O)(=O)c3cccc(C4CN(C)Cc5c(Cl)cc(Cl)cc54)c3)c2)C1. The molecule has 2 aliphatic rings. The molecule has 0 saturated heterocycles. The molecule has 54 heavy (non-hydrogen) atoms. The van der Waals surface area contributed by atoms with Crippen LogP contribution >= 0.6 is 46.4 Å². The largest absolute Gasteiger partial charge is 0.378 e. The third-order valence-corrected chi connectivity index (χ3v) is 13.6. The Hall–Kier alpha value is -2.30. The number of fused-ring (bicyclic) bond motifs is 2. The van der Waals surface area contributed by atoms with Crippen molar-refractivity contribution in [2.75, 3.05) is 66.7 Å². The van der Waals surface area contributed by atoms with Gasteiger partial charge in [0.05, 0.1) is 36.2 Å². The minimum Gasteiger partial charge on any atom is -0.378 e. The van der Waals surface area contributed by atoms with Crippen LogP contribution in [0.4, 0.5) is 0 Å². The van der Waals surface area contributed by atoms with Gasteiger partial charge in [-0.05, 0) is 96.0 Å². The summed E-state index contributed by atoms with van der Waals surface area (Å²) in [6.07, 6.45) is 0. The maximum atomic E-state index is 13.2. The van der Waals surface area contributed by atoms with Crippen LogP contribution < -0.4 is 9.44 Å². The molecule has 2 N–H and O–H groups in total. The Morgan fingerprint density at radius 1 is 0.611 bits per heavy atom. The van der Waals surface area contributed by atoms with Crippen molar-refractivity contribution in [3.63, 3.8) is 0 Å². The molecule has 16 heteroatoms. The van der Waals surface area contributed by atoms with E-state index in [-0.39, 0.29) is 61.1 Å². The van der Waals surface area contributed by atoms with Crippen molar-refractivity contribution in [1.29, 1.82) is 0 Å². The van der Waals surface area contributed by atoms with Crippen LogP contribution in [-0.4, -0.2) is 93.3 Å². The molecule has 0 bridgehead atoms. The molecule has 10 nitrogen and oxygen atoms in total. The van der Waals surface area contributed by atoms with E-state index in [4.69, 9.17) is 55.9 Å². The van der Waals surface area contributed by atoms with E-state index in [2.05, 4.69) is 19.2 Å². The normalized spacial score (nSPS) is 18.0. The van der Waals surface area contributed by atoms with Gasteiger partial charge in [-0.2, -0.15) is 0 Å². The molecule has 6 rings (SSSR count). The summed E-state index contributed by atoms with van der Waals surface area (Å²) in [5.74, 6) is -0.188. The average Bonchev–Trinajstić information content (AvgIpc) is 3.12. The van der Waals surface area contributed by atoms with E-state index in [0.29, 0.717) is 46.3 Å². The maximum Gasteiger partial charge on any atom is 0.240 e. The van der Waals surface area contributed by atoms with Crippen LogP contribution in [0.3, 0.4) is 0 Å². The molecule has 0 spiro atoms. The fourth-order valence-electron chi connectivity index (χ4n) is 7.04. The average molecular weight is 857 g/mol. The molecule has 0 radical (unpaired) electrons. The van der Waals surface area contributed by atoms with Crippen LogP contribution in [0.25, 0.3) is 0 Å². The molecule has 0 aliphatic carbocycles. The summed E-state index contributed by atoms with van der Waals surface area (Å²) < 4.78 is 68.9. The molecule has 290 valence electrons. The van der Waals surface area contributed by atoms with Crippen LogP contribution in [0.1, 0.15) is 45.2 Å². The molecular formula is C38H42Cl4N4O6S2. The third-order valence-electron chi connectivity index (χ3n) is 9.58. The number of nitrogens with one attached hydrogen (secondary N) is 2. The number of nitrogens with zero attached hydrogens (tertiary/aromatic N) is 2. The second-order valence-electron chi connectivity index (χ2n) is 13.6. The number of halogens is 4. The summed E-state index contributed by atoms with van der Waals surface area (Å²) in [6.45, 7) is 3.55. The number of hydrogen-bond acceptors (Lipinski definition) is 8. The topological polar surface area (TPSA) is 117 Å². The molecular weight excluding hydrogens is 814 g/mol. The van der Waals surface area contributed by atoms with Crippen LogP contribution in [0.15, 0.2) is 82.6 Å². The lowest BCUT2D eigenvalue weighted by atomic mass is 9.85. The number of benzene rings is 4. The van der Waals surface area contributed by atoms with Crippen LogP contribution in [0.5, 0.6) is 0 Å². The Morgan fingerprint density at radius 2 is 1.02 bits per heavy atom. The van der Waals surface area contributed by atoms with Gasteiger partial charge < -0.3 is 19.3 Å². The zero-order valence-electron chi connectivity index (χ0n) is 29.8. The number of sulfonamides is 2. The van der Waals surface area contributed by atoms with Gasteiger partial charge >= 0.3 is 0 Å². The van der Waals surface area contributed by atoms with Crippen molar-refractivity contribution in [2.24, 2.45) is 0 Å². The van der Waals surface area contributed by atoms with Crippen LogP contribution in [-0.2, 0) is 42.6 Å². The van der Waals surface area contributed by atoms with E-state index in [1.54, 1.807) is 48.5 Å². The minimum absolute atomic E-state index is 0.0639. The lowest BCUT2D eigenvalue weighted by molar-refractivity contribution is 0.0522. The molecule has 0 amide bonds. The Balaban J connectivity index is 0.929. The van der Waals surface area contributed by atoms with E-state index in [0.717, 1.165) is 33.4 Å². The summed E-state index contributed by atoms with van der Waals surface area (Å²) in [7, 11) is -3.60. The molecule has 4 aromatic rings. The van der Waals surface area contributed by atoms with Crippen molar-refractivity contribution in [1.82, 2.24) is 19.2 Å². The zero-order chi connectivity index (χ0) is 38.6. The maximum absolute atomic E-state index is 13.2. The second kappa shape index (κ2) is 17.9. The molecule has 0 aromatic heterocycles. The summed E-state index contributed by atoms with van der Waals surface area (Å²) in [5, 5.41) is 2.28. The van der Waals surface area contributed by atoms with Gasteiger partial charge in [0.1, 0.15) is 0 Å². The number of likely N-dealkylation sites (N-methyl/N-ethyl adjacent to an activating group) is 2. The first kappa shape index (κ1) is 41.3. The molecule has 2 atom stereocenters. The van der Waals surface area contributed by atoms with E-state index in [1.807, 2.05) is 38.4 Å². The summed E-state index contributed by atoms with van der Waals surface area (Å²) in [4.78, 5) is 4.61. The highest BCUT2D eigenvalue weighted by Crippen LogP contribution is 2.40. The van der Waals surface area contributed by atoms with E-state index < -0.39 is 20.0 Å². The van der Waals surface area contributed by atoms with Crippen molar-refractivity contribution in [2.45, 2.75) is 34.7 Å². The van der Waals surface area contributed by atoms with Gasteiger partial charge in [0.2, 0.25) is 20.0 Å². The fraction of sp³-hybridized carbons (Fsp3) is 0.368. The summed E-state index contributed by atoms with van der Waals surface area (Å²) in [6, 6.07) is 21.1. The van der Waals surface area contributed by atoms with Gasteiger partial charge in [0, 0.05) is 71.2 Å². The zero-order valence-corrected chi connectivity index (χ0v) is 34.5. The molecule has 2 aliphatic heterocycles. The van der Waals surface area contributed by atoms with E-state index >= 15 is 0 Å². The Labute approximate surface area is 337 Å². The highest BCUT2D eigenvalue weighted by atomic mass is 35.5.